The molecule has 10 rings (SSSR count). The van der Waals surface area contributed by atoms with E-state index in [1.165, 1.54) is 111 Å². The fourth-order valence-corrected chi connectivity index (χ4v) is 8.07. The first kappa shape index (κ1) is 38.2. The molecule has 0 radical (unpaired) electrons. The summed E-state index contributed by atoms with van der Waals surface area (Å²) in [6.07, 6.45) is 0. The zero-order chi connectivity index (χ0) is 41.0. The molecule has 0 amide bonds. The fraction of sp³-hybridized carbons (Fsp3) is 0.0667. The topological polar surface area (TPSA) is 0 Å². The molecule has 0 spiro atoms. The van der Waals surface area contributed by atoms with E-state index in [0.29, 0.717) is 0 Å². The zero-order valence-corrected chi connectivity index (χ0v) is 34.8. The highest BCUT2D eigenvalue weighted by atomic mass is 14.1. The second kappa shape index (κ2) is 16.9. The molecule has 0 N–H and O–H groups in total. The Hall–Kier alpha value is -7.28. The van der Waals surface area contributed by atoms with Crippen LogP contribution in [0.5, 0.6) is 0 Å². The number of fused-ring (bicyclic) bond motifs is 2. The van der Waals surface area contributed by atoms with Gasteiger partial charge in [-0.05, 0) is 134 Å². The second-order valence-electron chi connectivity index (χ2n) is 16.1. The third kappa shape index (κ3) is 8.33. The summed E-state index contributed by atoms with van der Waals surface area (Å²) < 4.78 is 0. The number of hydrogen-bond acceptors (Lipinski definition) is 0. The molecule has 10 aromatic rings. The van der Waals surface area contributed by atoms with Crippen LogP contribution in [0.3, 0.4) is 0 Å². The van der Waals surface area contributed by atoms with Crippen LogP contribution in [0.4, 0.5) is 0 Å². The summed E-state index contributed by atoms with van der Waals surface area (Å²) in [7, 11) is 0. The van der Waals surface area contributed by atoms with E-state index in [-0.39, 0.29) is 0 Å². The third-order valence-corrected chi connectivity index (χ3v) is 11.8. The Morgan fingerprint density at radius 3 is 0.767 bits per heavy atom. The van der Waals surface area contributed by atoms with Crippen molar-refractivity contribution in [2.75, 3.05) is 0 Å². The van der Waals surface area contributed by atoms with E-state index in [1.54, 1.807) is 0 Å². The van der Waals surface area contributed by atoms with E-state index in [1.807, 2.05) is 0 Å². The minimum Gasteiger partial charge on any atom is -0.0616 e. The van der Waals surface area contributed by atoms with Gasteiger partial charge in [0.25, 0.3) is 0 Å². The van der Waals surface area contributed by atoms with E-state index in [9.17, 15) is 0 Å². The van der Waals surface area contributed by atoms with Crippen LogP contribution in [0.15, 0.2) is 218 Å². The van der Waals surface area contributed by atoms with Crippen molar-refractivity contribution >= 4 is 21.5 Å². The van der Waals surface area contributed by atoms with E-state index in [4.69, 9.17) is 0 Å². The van der Waals surface area contributed by atoms with Crippen molar-refractivity contribution in [3.05, 3.63) is 241 Å². The highest BCUT2D eigenvalue weighted by molar-refractivity contribution is 6.06. The van der Waals surface area contributed by atoms with Crippen LogP contribution in [0.1, 0.15) is 22.3 Å². The van der Waals surface area contributed by atoms with Crippen LogP contribution in [0.25, 0.3) is 88.3 Å². The smallest absolute Gasteiger partial charge is 0.00964 e. The summed E-state index contributed by atoms with van der Waals surface area (Å²) >= 11 is 0. The maximum absolute atomic E-state index is 2.34. The Bertz CT molecular complexity index is 2940. The van der Waals surface area contributed by atoms with Gasteiger partial charge < -0.3 is 0 Å². The maximum atomic E-state index is 2.34. The molecule has 0 nitrogen and oxygen atoms in total. The largest absolute Gasteiger partial charge is 0.0616 e. The van der Waals surface area contributed by atoms with Crippen molar-refractivity contribution in [3.8, 4) is 66.8 Å². The van der Waals surface area contributed by atoms with Crippen LogP contribution in [-0.2, 0) is 0 Å². The van der Waals surface area contributed by atoms with Gasteiger partial charge in [-0.1, -0.05) is 223 Å². The van der Waals surface area contributed by atoms with Crippen molar-refractivity contribution in [1.29, 1.82) is 0 Å². The number of hydrogen-bond donors (Lipinski definition) is 0. The normalized spacial score (nSPS) is 11.0. The van der Waals surface area contributed by atoms with Crippen molar-refractivity contribution < 1.29 is 0 Å². The third-order valence-electron chi connectivity index (χ3n) is 11.8. The van der Waals surface area contributed by atoms with Gasteiger partial charge in [0.2, 0.25) is 0 Å². The summed E-state index contributed by atoms with van der Waals surface area (Å²) in [5.74, 6) is 0. The molecular weight excluding hydrogens is 721 g/mol. The number of benzene rings is 10. The highest BCUT2D eigenvalue weighted by Crippen LogP contribution is 2.35. The van der Waals surface area contributed by atoms with Crippen LogP contribution in [0.2, 0.25) is 0 Å². The molecule has 0 bridgehead atoms. The predicted octanol–water partition coefficient (Wildman–Crippen LogP) is 16.9. The molecule has 0 saturated carbocycles. The van der Waals surface area contributed by atoms with Gasteiger partial charge in [0, 0.05) is 0 Å². The second-order valence-corrected chi connectivity index (χ2v) is 16.1. The standard InChI is InChI=1S/C34H26.C26H22/c1-23-7-10-25(11-8-23)26-12-14-27(15-13-26)28-16-18-29(19-17-28)32-20-9-24(2)33-21-30-5-3-4-6-31(30)22-34(32)33;1-19-3-7-21(8-4-19)23-11-15-25(16-12-23)26-17-13-24(14-18-26)22-9-5-20(2)6-10-22/h3-22H,1-2H3;3-18H,1-2H3. The van der Waals surface area contributed by atoms with Crippen LogP contribution in [-0.4, -0.2) is 0 Å². The monoisotopic (exact) mass is 768 g/mol. The summed E-state index contributed by atoms with van der Waals surface area (Å²) in [5.41, 5.74) is 20.2. The van der Waals surface area contributed by atoms with Crippen molar-refractivity contribution in [1.82, 2.24) is 0 Å². The SMILES string of the molecule is Cc1ccc(-c2ccc(-c3ccc(-c4ccc(C)c5cc6ccccc6cc45)cc3)cc2)cc1.Cc1ccc(-c2ccc(-c3ccc(-c4ccc(C)cc4)cc3)cc2)cc1. The van der Waals surface area contributed by atoms with E-state index in [2.05, 4.69) is 246 Å². The van der Waals surface area contributed by atoms with Crippen molar-refractivity contribution in [2.24, 2.45) is 0 Å². The summed E-state index contributed by atoms with van der Waals surface area (Å²) in [6, 6.07) is 79.3. The minimum absolute atomic E-state index is 1.24. The lowest BCUT2D eigenvalue weighted by Gasteiger charge is -2.12. The van der Waals surface area contributed by atoms with Gasteiger partial charge in [-0.3, -0.25) is 0 Å². The Morgan fingerprint density at radius 2 is 0.467 bits per heavy atom. The zero-order valence-electron chi connectivity index (χ0n) is 34.8. The summed E-state index contributed by atoms with van der Waals surface area (Å²) in [6.45, 7) is 8.56. The average molecular weight is 769 g/mol. The maximum Gasteiger partial charge on any atom is -0.00964 e. The number of rotatable bonds is 6. The average Bonchev–Trinajstić information content (AvgIpc) is 3.30. The summed E-state index contributed by atoms with van der Waals surface area (Å²) in [5, 5.41) is 5.22. The molecule has 0 atom stereocenters. The molecule has 0 aliphatic rings. The Labute approximate surface area is 355 Å². The molecule has 0 heterocycles. The van der Waals surface area contributed by atoms with E-state index >= 15 is 0 Å². The molecular formula is C60H48. The number of aryl methyl sites for hydroxylation is 4. The van der Waals surface area contributed by atoms with Crippen LogP contribution in [0, 0.1) is 27.7 Å². The molecule has 0 aromatic heterocycles. The van der Waals surface area contributed by atoms with Gasteiger partial charge in [0.15, 0.2) is 0 Å². The molecule has 60 heavy (non-hydrogen) atoms. The molecule has 10 aromatic carbocycles. The quantitative estimate of drug-likeness (QED) is 0.148. The van der Waals surface area contributed by atoms with Gasteiger partial charge >= 0.3 is 0 Å². The first-order chi connectivity index (χ1) is 29.3. The minimum atomic E-state index is 1.24. The lowest BCUT2D eigenvalue weighted by Crippen LogP contribution is -1.86. The molecule has 0 unspecified atom stereocenters. The van der Waals surface area contributed by atoms with Gasteiger partial charge in [-0.15, -0.1) is 0 Å². The Kier molecular flexibility index (Phi) is 10.8. The summed E-state index contributed by atoms with van der Waals surface area (Å²) in [4.78, 5) is 0. The van der Waals surface area contributed by atoms with Gasteiger partial charge in [0.1, 0.15) is 0 Å². The van der Waals surface area contributed by atoms with Crippen molar-refractivity contribution in [2.45, 2.75) is 27.7 Å². The van der Waals surface area contributed by atoms with E-state index < -0.39 is 0 Å². The molecule has 0 aliphatic heterocycles. The lowest BCUT2D eigenvalue weighted by molar-refractivity contribution is 1.47. The van der Waals surface area contributed by atoms with Gasteiger partial charge in [-0.25, -0.2) is 0 Å². The molecule has 0 saturated heterocycles. The molecule has 0 aliphatic carbocycles. The van der Waals surface area contributed by atoms with Gasteiger partial charge in [0.05, 0.1) is 0 Å². The van der Waals surface area contributed by atoms with E-state index in [0.717, 1.165) is 0 Å². The molecule has 0 heteroatoms. The van der Waals surface area contributed by atoms with Gasteiger partial charge in [-0.2, -0.15) is 0 Å². The Morgan fingerprint density at radius 1 is 0.217 bits per heavy atom. The lowest BCUT2D eigenvalue weighted by atomic mass is 9.92. The van der Waals surface area contributed by atoms with Crippen molar-refractivity contribution in [3.63, 3.8) is 0 Å². The Balaban J connectivity index is 0.000000160. The van der Waals surface area contributed by atoms with Crippen LogP contribution < -0.4 is 0 Å². The first-order valence-electron chi connectivity index (χ1n) is 20.9. The molecule has 288 valence electrons. The first-order valence-corrected chi connectivity index (χ1v) is 20.9. The highest BCUT2D eigenvalue weighted by Gasteiger charge is 2.09. The predicted molar refractivity (Wildman–Crippen MR) is 259 cm³/mol. The van der Waals surface area contributed by atoms with Crippen LogP contribution >= 0.6 is 0 Å². The molecule has 0 fully saturated rings. The fourth-order valence-electron chi connectivity index (χ4n) is 8.07.